The van der Waals surface area contributed by atoms with Crippen molar-refractivity contribution in [2.75, 3.05) is 32.8 Å². The number of benzene rings is 1. The van der Waals surface area contributed by atoms with E-state index < -0.39 is 10.0 Å². The van der Waals surface area contributed by atoms with E-state index in [0.29, 0.717) is 38.5 Å². The van der Waals surface area contributed by atoms with Gasteiger partial charge in [0.05, 0.1) is 18.1 Å². The Morgan fingerprint density at radius 3 is 2.57 bits per heavy atom. The second-order valence-electron chi connectivity index (χ2n) is 6.64. The maximum absolute atomic E-state index is 12.7. The predicted molar refractivity (Wildman–Crippen MR) is 105 cm³/mol. The summed E-state index contributed by atoms with van der Waals surface area (Å²) < 4.78 is 33.7. The van der Waals surface area contributed by atoms with Gasteiger partial charge in [0, 0.05) is 31.5 Å². The molecule has 8 nitrogen and oxygen atoms in total. The number of morpholine rings is 1. The zero-order chi connectivity index (χ0) is 20.0. The first-order valence-corrected chi connectivity index (χ1v) is 11.0. The minimum Gasteiger partial charge on any atom is -0.379 e. The lowest BCUT2D eigenvalue weighted by Crippen LogP contribution is -2.40. The fourth-order valence-electron chi connectivity index (χ4n) is 2.98. The van der Waals surface area contributed by atoms with Gasteiger partial charge in [0.15, 0.2) is 0 Å². The summed E-state index contributed by atoms with van der Waals surface area (Å²) in [6.07, 6.45) is 6.31. The van der Waals surface area contributed by atoms with Crippen molar-refractivity contribution in [3.05, 3.63) is 42.5 Å². The first-order chi connectivity index (χ1) is 13.5. The third kappa shape index (κ3) is 4.78. The molecule has 9 heteroatoms. The van der Waals surface area contributed by atoms with Gasteiger partial charge in [-0.1, -0.05) is 19.8 Å². The third-order valence-electron chi connectivity index (χ3n) is 4.62. The van der Waals surface area contributed by atoms with E-state index in [-0.39, 0.29) is 10.8 Å². The number of carbonyl (C=O) groups excluding carboxylic acids is 1. The molecule has 2 aromatic rings. The number of hydrogen-bond donors (Lipinski definition) is 1. The van der Waals surface area contributed by atoms with Crippen LogP contribution in [0.1, 0.15) is 36.7 Å². The number of unbranched alkanes of at least 4 members (excludes halogenated alkanes) is 2. The van der Waals surface area contributed by atoms with Gasteiger partial charge in [-0.2, -0.15) is 4.31 Å². The SMILES string of the molecule is CCCCCNC(=O)c1cn(-c2ccc(S(=O)(=O)N3CCOCC3)cc2)cn1. The highest BCUT2D eigenvalue weighted by Crippen LogP contribution is 2.19. The zero-order valence-electron chi connectivity index (χ0n) is 16.0. The Morgan fingerprint density at radius 2 is 1.89 bits per heavy atom. The molecule has 152 valence electrons. The quantitative estimate of drug-likeness (QED) is 0.675. The molecule has 0 aliphatic carbocycles. The minimum atomic E-state index is -3.52. The van der Waals surface area contributed by atoms with Gasteiger partial charge in [-0.15, -0.1) is 0 Å². The molecule has 0 saturated carbocycles. The second-order valence-corrected chi connectivity index (χ2v) is 8.58. The second kappa shape index (κ2) is 9.31. The van der Waals surface area contributed by atoms with Crippen LogP contribution in [0.4, 0.5) is 0 Å². The number of sulfonamides is 1. The molecule has 0 spiro atoms. The monoisotopic (exact) mass is 406 g/mol. The Bertz CT molecular complexity index is 887. The van der Waals surface area contributed by atoms with Crippen LogP contribution in [0.5, 0.6) is 0 Å². The highest BCUT2D eigenvalue weighted by molar-refractivity contribution is 7.89. The van der Waals surface area contributed by atoms with Crippen molar-refractivity contribution in [3.8, 4) is 5.69 Å². The Labute approximate surface area is 165 Å². The maximum Gasteiger partial charge on any atom is 0.271 e. The average molecular weight is 407 g/mol. The maximum atomic E-state index is 12.7. The van der Waals surface area contributed by atoms with Crippen LogP contribution in [-0.4, -0.2) is 61.0 Å². The number of carbonyl (C=O) groups is 1. The molecule has 3 rings (SSSR count). The van der Waals surface area contributed by atoms with Crippen molar-refractivity contribution in [2.45, 2.75) is 31.1 Å². The minimum absolute atomic E-state index is 0.207. The van der Waals surface area contributed by atoms with Crippen molar-refractivity contribution in [3.63, 3.8) is 0 Å². The van der Waals surface area contributed by atoms with Gasteiger partial charge in [-0.05, 0) is 30.7 Å². The van der Waals surface area contributed by atoms with E-state index in [0.717, 1.165) is 24.9 Å². The van der Waals surface area contributed by atoms with Crippen molar-refractivity contribution < 1.29 is 17.9 Å². The lowest BCUT2D eigenvalue weighted by atomic mass is 10.2. The number of amides is 1. The third-order valence-corrected chi connectivity index (χ3v) is 6.54. The summed E-state index contributed by atoms with van der Waals surface area (Å²) in [7, 11) is -3.52. The first kappa shape index (κ1) is 20.5. The van der Waals surface area contributed by atoms with Gasteiger partial charge in [-0.3, -0.25) is 4.79 Å². The summed E-state index contributed by atoms with van der Waals surface area (Å²) in [5.74, 6) is -0.207. The highest BCUT2D eigenvalue weighted by atomic mass is 32.2. The molecule has 1 fully saturated rings. The molecular weight excluding hydrogens is 380 g/mol. The summed E-state index contributed by atoms with van der Waals surface area (Å²) in [6, 6.07) is 6.56. The summed E-state index contributed by atoms with van der Waals surface area (Å²) in [5, 5.41) is 2.85. The number of aromatic nitrogens is 2. The number of ether oxygens (including phenoxy) is 1. The van der Waals surface area contributed by atoms with Gasteiger partial charge in [0.2, 0.25) is 10.0 Å². The molecule has 1 aliphatic rings. The van der Waals surface area contributed by atoms with Crippen molar-refractivity contribution in [2.24, 2.45) is 0 Å². The topological polar surface area (TPSA) is 93.5 Å². The molecule has 1 aromatic heterocycles. The lowest BCUT2D eigenvalue weighted by Gasteiger charge is -2.26. The van der Waals surface area contributed by atoms with Gasteiger partial charge in [0.25, 0.3) is 5.91 Å². The summed E-state index contributed by atoms with van der Waals surface area (Å²) in [4.78, 5) is 16.5. The average Bonchev–Trinajstić information content (AvgIpc) is 3.22. The van der Waals surface area contributed by atoms with Crippen LogP contribution in [0, 0.1) is 0 Å². The van der Waals surface area contributed by atoms with Crippen molar-refractivity contribution in [1.82, 2.24) is 19.2 Å². The molecule has 0 unspecified atom stereocenters. The first-order valence-electron chi connectivity index (χ1n) is 9.53. The Hall–Kier alpha value is -2.23. The van der Waals surface area contributed by atoms with Gasteiger partial charge in [0.1, 0.15) is 12.0 Å². The van der Waals surface area contributed by atoms with Crippen LogP contribution < -0.4 is 5.32 Å². The zero-order valence-corrected chi connectivity index (χ0v) is 16.8. The molecule has 1 N–H and O–H groups in total. The van der Waals surface area contributed by atoms with Crippen LogP contribution in [0.15, 0.2) is 41.7 Å². The summed E-state index contributed by atoms with van der Waals surface area (Å²) in [6.45, 7) is 4.30. The molecule has 1 saturated heterocycles. The summed E-state index contributed by atoms with van der Waals surface area (Å²) in [5.41, 5.74) is 1.07. The van der Waals surface area contributed by atoms with Crippen LogP contribution in [-0.2, 0) is 14.8 Å². The molecule has 1 amide bonds. The Kier molecular flexibility index (Phi) is 6.82. The molecule has 1 aromatic carbocycles. The van der Waals surface area contributed by atoms with Crippen LogP contribution in [0.3, 0.4) is 0 Å². The molecule has 0 radical (unpaired) electrons. The van der Waals surface area contributed by atoms with E-state index >= 15 is 0 Å². The van der Waals surface area contributed by atoms with E-state index in [1.54, 1.807) is 41.4 Å². The number of imidazole rings is 1. The molecule has 2 heterocycles. The number of nitrogens with one attached hydrogen (secondary N) is 1. The van der Waals surface area contributed by atoms with E-state index in [1.807, 2.05) is 0 Å². The highest BCUT2D eigenvalue weighted by Gasteiger charge is 2.26. The summed E-state index contributed by atoms with van der Waals surface area (Å²) >= 11 is 0. The van der Waals surface area contributed by atoms with Crippen LogP contribution >= 0.6 is 0 Å². The molecule has 1 aliphatic heterocycles. The number of hydrogen-bond acceptors (Lipinski definition) is 5. The van der Waals surface area contributed by atoms with Crippen LogP contribution in [0.25, 0.3) is 5.69 Å². The van der Waals surface area contributed by atoms with Crippen LogP contribution in [0.2, 0.25) is 0 Å². The lowest BCUT2D eigenvalue weighted by molar-refractivity contribution is 0.0730. The number of rotatable bonds is 8. The molecule has 28 heavy (non-hydrogen) atoms. The predicted octanol–water partition coefficient (Wildman–Crippen LogP) is 1.81. The van der Waals surface area contributed by atoms with E-state index in [1.165, 1.54) is 4.31 Å². The smallest absolute Gasteiger partial charge is 0.271 e. The Balaban J connectivity index is 1.67. The number of nitrogens with zero attached hydrogens (tertiary/aromatic N) is 3. The van der Waals surface area contributed by atoms with Gasteiger partial charge < -0.3 is 14.6 Å². The fraction of sp³-hybridized carbons (Fsp3) is 0.474. The van der Waals surface area contributed by atoms with Crippen molar-refractivity contribution >= 4 is 15.9 Å². The fourth-order valence-corrected chi connectivity index (χ4v) is 4.38. The van der Waals surface area contributed by atoms with Gasteiger partial charge in [-0.25, -0.2) is 13.4 Å². The normalized spacial score (nSPS) is 15.5. The van der Waals surface area contributed by atoms with E-state index in [9.17, 15) is 13.2 Å². The largest absolute Gasteiger partial charge is 0.379 e. The standard InChI is InChI=1S/C19H26N4O4S/c1-2-3-4-9-20-19(24)18-14-22(15-21-18)16-5-7-17(8-6-16)28(25,26)23-10-12-27-13-11-23/h5-8,14-15H,2-4,9-13H2,1H3,(H,20,24). The molecular formula is C19H26N4O4S. The Morgan fingerprint density at radius 1 is 1.18 bits per heavy atom. The van der Waals surface area contributed by atoms with Gasteiger partial charge >= 0.3 is 0 Å². The van der Waals surface area contributed by atoms with Crippen molar-refractivity contribution in [1.29, 1.82) is 0 Å². The molecule has 0 bridgehead atoms. The van der Waals surface area contributed by atoms with E-state index in [4.69, 9.17) is 4.74 Å². The van der Waals surface area contributed by atoms with E-state index in [2.05, 4.69) is 17.2 Å². The molecule has 0 atom stereocenters.